The van der Waals surface area contributed by atoms with Crippen molar-refractivity contribution in [1.29, 1.82) is 0 Å². The van der Waals surface area contributed by atoms with Gasteiger partial charge in [-0.3, -0.25) is 4.79 Å². The number of carbonyl (C=O) groups excluding carboxylic acids is 1. The number of amides is 1. The first kappa shape index (κ1) is 16.7. The van der Waals surface area contributed by atoms with Gasteiger partial charge in [0.25, 0.3) is 0 Å². The van der Waals surface area contributed by atoms with Crippen LogP contribution in [0.4, 0.5) is 0 Å². The predicted octanol–water partition coefficient (Wildman–Crippen LogP) is 2.85. The van der Waals surface area contributed by atoms with Crippen LogP contribution < -0.4 is 5.32 Å². The Hall–Kier alpha value is -2.17. The molecule has 1 aliphatic heterocycles. The van der Waals surface area contributed by atoms with Crippen LogP contribution in [0.2, 0.25) is 0 Å². The van der Waals surface area contributed by atoms with E-state index < -0.39 is 6.10 Å². The second kappa shape index (κ2) is 7.60. The van der Waals surface area contributed by atoms with E-state index in [2.05, 4.69) is 11.4 Å². The van der Waals surface area contributed by atoms with Crippen LogP contribution in [0.25, 0.3) is 0 Å². The van der Waals surface area contributed by atoms with Gasteiger partial charge in [-0.15, -0.1) is 0 Å². The summed E-state index contributed by atoms with van der Waals surface area (Å²) in [4.78, 5) is 12.2. The number of aliphatic hydroxyl groups excluding tert-OH is 1. The highest BCUT2D eigenvalue weighted by Gasteiger charge is 2.23. The molecule has 0 fully saturated rings. The fraction of sp³-hybridized carbons (Fsp3) is 0.350. The third kappa shape index (κ3) is 3.83. The first-order chi connectivity index (χ1) is 11.6. The largest absolute Gasteiger partial charge is 0.387 e. The molecule has 2 N–H and O–H groups in total. The molecule has 0 aromatic heterocycles. The van der Waals surface area contributed by atoms with Gasteiger partial charge in [0.1, 0.15) is 0 Å². The second-order valence-corrected chi connectivity index (χ2v) is 6.19. The topological polar surface area (TPSA) is 58.6 Å². The van der Waals surface area contributed by atoms with Crippen LogP contribution in [0.3, 0.4) is 0 Å². The van der Waals surface area contributed by atoms with E-state index in [9.17, 15) is 9.90 Å². The Kier molecular flexibility index (Phi) is 5.28. The Morgan fingerprint density at radius 3 is 2.83 bits per heavy atom. The first-order valence-electron chi connectivity index (χ1n) is 8.35. The molecule has 0 saturated carbocycles. The van der Waals surface area contributed by atoms with E-state index in [1.54, 1.807) is 0 Å². The SMILES string of the molecule is Cc1ccccc1C(O)CNC(=O)CC1OCCc2ccccc21. The smallest absolute Gasteiger partial charge is 0.223 e. The van der Waals surface area contributed by atoms with E-state index in [0.29, 0.717) is 6.61 Å². The molecule has 2 aromatic carbocycles. The molecule has 0 radical (unpaired) electrons. The minimum atomic E-state index is -0.699. The number of hydrogen-bond donors (Lipinski definition) is 2. The van der Waals surface area contributed by atoms with Crippen molar-refractivity contribution in [3.05, 3.63) is 70.8 Å². The van der Waals surface area contributed by atoms with E-state index >= 15 is 0 Å². The molecule has 2 atom stereocenters. The lowest BCUT2D eigenvalue weighted by Crippen LogP contribution is -2.31. The number of hydrogen-bond acceptors (Lipinski definition) is 3. The maximum absolute atomic E-state index is 12.2. The van der Waals surface area contributed by atoms with Crippen LogP contribution in [0.5, 0.6) is 0 Å². The summed E-state index contributed by atoms with van der Waals surface area (Å²) < 4.78 is 5.76. The van der Waals surface area contributed by atoms with Gasteiger partial charge in [-0.1, -0.05) is 48.5 Å². The number of benzene rings is 2. The number of rotatable bonds is 5. The van der Waals surface area contributed by atoms with Gasteiger partial charge in [0.05, 0.1) is 25.2 Å². The van der Waals surface area contributed by atoms with Crippen molar-refractivity contribution in [3.8, 4) is 0 Å². The maximum atomic E-state index is 12.2. The van der Waals surface area contributed by atoms with Crippen molar-refractivity contribution < 1.29 is 14.6 Å². The Morgan fingerprint density at radius 1 is 1.25 bits per heavy atom. The Labute approximate surface area is 142 Å². The summed E-state index contributed by atoms with van der Waals surface area (Å²) in [6.07, 6.45) is 0.262. The number of carbonyl (C=O) groups is 1. The molecule has 126 valence electrons. The van der Waals surface area contributed by atoms with Crippen molar-refractivity contribution >= 4 is 5.91 Å². The van der Waals surface area contributed by atoms with Gasteiger partial charge in [0, 0.05) is 6.54 Å². The molecule has 1 aliphatic rings. The minimum Gasteiger partial charge on any atom is -0.387 e. The fourth-order valence-electron chi connectivity index (χ4n) is 3.17. The lowest BCUT2D eigenvalue weighted by molar-refractivity contribution is -0.124. The van der Waals surface area contributed by atoms with Crippen molar-refractivity contribution in [1.82, 2.24) is 5.32 Å². The van der Waals surface area contributed by atoms with Gasteiger partial charge < -0.3 is 15.2 Å². The van der Waals surface area contributed by atoms with Gasteiger partial charge in [-0.25, -0.2) is 0 Å². The number of fused-ring (bicyclic) bond motifs is 1. The Bertz CT molecular complexity index is 714. The molecule has 0 bridgehead atoms. The second-order valence-electron chi connectivity index (χ2n) is 6.19. The van der Waals surface area contributed by atoms with Crippen molar-refractivity contribution in [2.24, 2.45) is 0 Å². The minimum absolute atomic E-state index is 0.107. The van der Waals surface area contributed by atoms with Crippen LogP contribution >= 0.6 is 0 Å². The zero-order valence-corrected chi connectivity index (χ0v) is 13.9. The molecular formula is C20H23NO3. The number of aliphatic hydroxyl groups is 1. The summed E-state index contributed by atoms with van der Waals surface area (Å²) in [5, 5.41) is 13.1. The molecule has 2 aromatic rings. The van der Waals surface area contributed by atoms with Gasteiger partial charge in [-0.05, 0) is 35.6 Å². The van der Waals surface area contributed by atoms with Crippen LogP contribution in [0, 0.1) is 6.92 Å². The van der Waals surface area contributed by atoms with Gasteiger partial charge in [0.2, 0.25) is 5.91 Å². The van der Waals surface area contributed by atoms with Crippen molar-refractivity contribution in [2.45, 2.75) is 32.0 Å². The summed E-state index contributed by atoms with van der Waals surface area (Å²) in [7, 11) is 0. The Morgan fingerprint density at radius 2 is 2.00 bits per heavy atom. The monoisotopic (exact) mass is 325 g/mol. The lowest BCUT2D eigenvalue weighted by atomic mass is 9.95. The molecule has 4 heteroatoms. The van der Waals surface area contributed by atoms with Crippen molar-refractivity contribution in [2.75, 3.05) is 13.2 Å². The van der Waals surface area contributed by atoms with E-state index in [0.717, 1.165) is 23.1 Å². The zero-order chi connectivity index (χ0) is 16.9. The van der Waals surface area contributed by atoms with E-state index in [1.807, 2.05) is 49.4 Å². The molecule has 3 rings (SSSR count). The molecule has 4 nitrogen and oxygen atoms in total. The van der Waals surface area contributed by atoms with E-state index in [1.165, 1.54) is 5.56 Å². The number of nitrogens with one attached hydrogen (secondary N) is 1. The normalized spacial score (nSPS) is 17.8. The quantitative estimate of drug-likeness (QED) is 0.889. The third-order valence-electron chi connectivity index (χ3n) is 4.50. The first-order valence-corrected chi connectivity index (χ1v) is 8.35. The highest BCUT2D eigenvalue weighted by molar-refractivity contribution is 5.76. The van der Waals surface area contributed by atoms with Gasteiger partial charge in [-0.2, -0.15) is 0 Å². The molecule has 1 amide bonds. The van der Waals surface area contributed by atoms with Crippen LogP contribution in [0.15, 0.2) is 48.5 Å². The lowest BCUT2D eigenvalue weighted by Gasteiger charge is -2.25. The maximum Gasteiger partial charge on any atom is 0.223 e. The Balaban J connectivity index is 1.56. The van der Waals surface area contributed by atoms with Crippen LogP contribution in [-0.2, 0) is 16.0 Å². The summed E-state index contributed by atoms with van der Waals surface area (Å²) in [6.45, 7) is 2.80. The number of aryl methyl sites for hydroxylation is 1. The standard InChI is InChI=1S/C20H23NO3/c1-14-6-2-4-8-16(14)18(22)13-21-20(23)12-19-17-9-5-3-7-15(17)10-11-24-19/h2-9,18-19,22H,10-13H2,1H3,(H,21,23). The average molecular weight is 325 g/mol. The summed E-state index contributed by atoms with van der Waals surface area (Å²) in [5.41, 5.74) is 4.21. The molecule has 0 saturated heterocycles. The van der Waals surface area contributed by atoms with Gasteiger partial charge in [0.15, 0.2) is 0 Å². The van der Waals surface area contributed by atoms with Crippen molar-refractivity contribution in [3.63, 3.8) is 0 Å². The van der Waals surface area contributed by atoms with Crippen LogP contribution in [-0.4, -0.2) is 24.2 Å². The number of ether oxygens (including phenoxy) is 1. The zero-order valence-electron chi connectivity index (χ0n) is 13.9. The molecule has 0 spiro atoms. The van der Waals surface area contributed by atoms with E-state index in [-0.39, 0.29) is 25.0 Å². The average Bonchev–Trinajstić information content (AvgIpc) is 2.60. The molecule has 0 aliphatic carbocycles. The molecule has 1 heterocycles. The highest BCUT2D eigenvalue weighted by atomic mass is 16.5. The third-order valence-corrected chi connectivity index (χ3v) is 4.50. The molecular weight excluding hydrogens is 302 g/mol. The molecule has 24 heavy (non-hydrogen) atoms. The summed E-state index contributed by atoms with van der Waals surface area (Å²) >= 11 is 0. The summed E-state index contributed by atoms with van der Waals surface area (Å²) in [5.74, 6) is -0.107. The summed E-state index contributed by atoms with van der Waals surface area (Å²) in [6, 6.07) is 15.8. The van der Waals surface area contributed by atoms with E-state index in [4.69, 9.17) is 4.74 Å². The van der Waals surface area contributed by atoms with Gasteiger partial charge >= 0.3 is 0 Å². The fourth-order valence-corrected chi connectivity index (χ4v) is 3.17. The molecule has 2 unspecified atom stereocenters. The van der Waals surface area contributed by atoms with Crippen LogP contribution in [0.1, 0.15) is 40.9 Å². The predicted molar refractivity (Wildman–Crippen MR) is 92.6 cm³/mol. The highest BCUT2D eigenvalue weighted by Crippen LogP contribution is 2.29.